The zero-order valence-corrected chi connectivity index (χ0v) is 10.5. The van der Waals surface area contributed by atoms with E-state index in [2.05, 4.69) is 6.92 Å². The molecule has 0 aromatic heterocycles. The van der Waals surface area contributed by atoms with E-state index in [1.807, 2.05) is 9.80 Å². The number of nitrogens with zero attached hydrogens (tertiary/aromatic N) is 3. The molecule has 0 spiro atoms. The van der Waals surface area contributed by atoms with Crippen LogP contribution >= 0.6 is 0 Å². The quantitative estimate of drug-likeness (QED) is 0.629. The van der Waals surface area contributed by atoms with Crippen molar-refractivity contribution in [3.63, 3.8) is 0 Å². The summed E-state index contributed by atoms with van der Waals surface area (Å²) in [6.07, 6.45) is 3.20. The summed E-state index contributed by atoms with van der Waals surface area (Å²) < 4.78 is 0. The summed E-state index contributed by atoms with van der Waals surface area (Å²) in [6.45, 7) is 6.63. The normalized spacial score (nSPS) is 25.9. The number of rotatable bonds is 1. The number of hydrogen-bond donors (Lipinski definition) is 0. The van der Waals surface area contributed by atoms with Crippen LogP contribution in [-0.4, -0.2) is 66.4 Å². The van der Waals surface area contributed by atoms with E-state index in [0.717, 1.165) is 25.9 Å². The first-order valence-corrected chi connectivity index (χ1v) is 6.44. The van der Waals surface area contributed by atoms with E-state index in [4.69, 9.17) is 0 Å². The molecule has 0 aromatic carbocycles. The van der Waals surface area contributed by atoms with Gasteiger partial charge in [-0.3, -0.25) is 4.79 Å². The molecular formula is C12H21N3O2. The van der Waals surface area contributed by atoms with Gasteiger partial charge in [0.2, 0.25) is 6.41 Å². The highest BCUT2D eigenvalue weighted by molar-refractivity contribution is 5.74. The summed E-state index contributed by atoms with van der Waals surface area (Å²) in [5.41, 5.74) is 0. The Kier molecular flexibility index (Phi) is 3.86. The molecule has 2 saturated heterocycles. The maximum atomic E-state index is 12.2. The van der Waals surface area contributed by atoms with Gasteiger partial charge in [-0.15, -0.1) is 0 Å². The molecule has 96 valence electrons. The van der Waals surface area contributed by atoms with Crippen molar-refractivity contribution in [1.29, 1.82) is 0 Å². The third-order valence-electron chi connectivity index (χ3n) is 3.66. The number of piperazine rings is 1. The lowest BCUT2D eigenvalue weighted by atomic mass is 10.0. The van der Waals surface area contributed by atoms with Crippen molar-refractivity contribution in [1.82, 2.24) is 14.7 Å². The van der Waals surface area contributed by atoms with Crippen molar-refractivity contribution in [2.24, 2.45) is 5.92 Å². The van der Waals surface area contributed by atoms with Gasteiger partial charge in [-0.2, -0.15) is 0 Å². The molecule has 0 N–H and O–H groups in total. The number of piperidine rings is 1. The molecule has 17 heavy (non-hydrogen) atoms. The van der Waals surface area contributed by atoms with Gasteiger partial charge in [-0.05, 0) is 18.8 Å². The van der Waals surface area contributed by atoms with Gasteiger partial charge in [-0.1, -0.05) is 6.92 Å². The third-order valence-corrected chi connectivity index (χ3v) is 3.66. The summed E-state index contributed by atoms with van der Waals surface area (Å²) in [6, 6.07) is 0.155. The monoisotopic (exact) mass is 239 g/mol. The zero-order chi connectivity index (χ0) is 12.3. The van der Waals surface area contributed by atoms with E-state index in [-0.39, 0.29) is 6.03 Å². The van der Waals surface area contributed by atoms with Crippen molar-refractivity contribution in [2.45, 2.75) is 19.8 Å². The Labute approximate surface area is 102 Å². The molecule has 2 aliphatic rings. The first-order chi connectivity index (χ1) is 8.20. The molecular weight excluding hydrogens is 218 g/mol. The topological polar surface area (TPSA) is 43.9 Å². The Hall–Kier alpha value is -1.26. The molecule has 3 amide bonds. The molecule has 0 bridgehead atoms. The Morgan fingerprint density at radius 1 is 1.12 bits per heavy atom. The summed E-state index contributed by atoms with van der Waals surface area (Å²) >= 11 is 0. The number of carbonyl (C=O) groups is 2. The van der Waals surface area contributed by atoms with Gasteiger partial charge < -0.3 is 14.7 Å². The number of hydrogen-bond acceptors (Lipinski definition) is 2. The van der Waals surface area contributed by atoms with E-state index < -0.39 is 0 Å². The predicted octanol–water partition coefficient (Wildman–Crippen LogP) is 0.612. The molecule has 5 heteroatoms. The molecule has 0 saturated carbocycles. The minimum absolute atomic E-state index is 0.155. The number of amides is 3. The fourth-order valence-electron chi connectivity index (χ4n) is 2.58. The lowest BCUT2D eigenvalue weighted by molar-refractivity contribution is -0.119. The number of carbonyl (C=O) groups excluding carboxylic acids is 2. The Balaban J connectivity index is 1.85. The molecule has 5 nitrogen and oxygen atoms in total. The summed E-state index contributed by atoms with van der Waals surface area (Å²) in [4.78, 5) is 28.4. The fraction of sp³-hybridized carbons (Fsp3) is 0.833. The first kappa shape index (κ1) is 12.2. The van der Waals surface area contributed by atoms with Crippen LogP contribution in [0.4, 0.5) is 4.79 Å². The van der Waals surface area contributed by atoms with Gasteiger partial charge in [0.05, 0.1) is 0 Å². The first-order valence-electron chi connectivity index (χ1n) is 6.44. The van der Waals surface area contributed by atoms with Crippen LogP contribution in [0.25, 0.3) is 0 Å². The Morgan fingerprint density at radius 3 is 2.41 bits per heavy atom. The average Bonchev–Trinajstić information content (AvgIpc) is 2.38. The number of urea groups is 1. The average molecular weight is 239 g/mol. The maximum Gasteiger partial charge on any atom is 0.320 e. The second-order valence-electron chi connectivity index (χ2n) is 5.10. The van der Waals surface area contributed by atoms with E-state index in [1.165, 1.54) is 6.42 Å². The van der Waals surface area contributed by atoms with Crippen LogP contribution in [0.3, 0.4) is 0 Å². The second-order valence-corrected chi connectivity index (χ2v) is 5.10. The molecule has 0 aliphatic carbocycles. The van der Waals surface area contributed by atoms with Crippen molar-refractivity contribution < 1.29 is 9.59 Å². The van der Waals surface area contributed by atoms with Crippen molar-refractivity contribution in [3.8, 4) is 0 Å². The van der Waals surface area contributed by atoms with Crippen LogP contribution in [-0.2, 0) is 4.79 Å². The lowest BCUT2D eigenvalue weighted by Gasteiger charge is -2.38. The third kappa shape index (κ3) is 2.90. The Morgan fingerprint density at radius 2 is 1.82 bits per heavy atom. The molecule has 2 rings (SSSR count). The van der Waals surface area contributed by atoms with Crippen LogP contribution in [0.5, 0.6) is 0 Å². The highest BCUT2D eigenvalue weighted by Gasteiger charge is 2.27. The second kappa shape index (κ2) is 5.38. The minimum Gasteiger partial charge on any atom is -0.342 e. The van der Waals surface area contributed by atoms with E-state index >= 15 is 0 Å². The van der Waals surface area contributed by atoms with Gasteiger partial charge in [0.1, 0.15) is 0 Å². The van der Waals surface area contributed by atoms with Gasteiger partial charge >= 0.3 is 6.03 Å². The largest absolute Gasteiger partial charge is 0.342 e. The molecule has 0 radical (unpaired) electrons. The smallest absolute Gasteiger partial charge is 0.320 e. The van der Waals surface area contributed by atoms with Crippen molar-refractivity contribution >= 4 is 12.4 Å². The van der Waals surface area contributed by atoms with Gasteiger partial charge in [0, 0.05) is 39.3 Å². The molecule has 2 heterocycles. The summed E-state index contributed by atoms with van der Waals surface area (Å²) in [5, 5.41) is 0. The van der Waals surface area contributed by atoms with E-state index in [1.54, 1.807) is 4.90 Å². The van der Waals surface area contributed by atoms with Crippen LogP contribution in [0.2, 0.25) is 0 Å². The number of likely N-dealkylation sites (tertiary alicyclic amines) is 1. The SMILES string of the molecule is CC1CCCN(C(=O)N2CCN(C=O)CC2)C1. The van der Waals surface area contributed by atoms with E-state index in [9.17, 15) is 9.59 Å². The lowest BCUT2D eigenvalue weighted by Crippen LogP contribution is -2.54. The molecule has 2 fully saturated rings. The predicted molar refractivity (Wildman–Crippen MR) is 64.6 cm³/mol. The molecule has 0 aromatic rings. The molecule has 1 unspecified atom stereocenters. The maximum absolute atomic E-state index is 12.2. The molecule has 1 atom stereocenters. The highest BCUT2D eigenvalue weighted by atomic mass is 16.2. The summed E-state index contributed by atoms with van der Waals surface area (Å²) in [7, 11) is 0. The van der Waals surface area contributed by atoms with Crippen molar-refractivity contribution in [2.75, 3.05) is 39.3 Å². The standard InChI is InChI=1S/C12H21N3O2/c1-11-3-2-4-15(9-11)12(17)14-7-5-13(10-16)6-8-14/h10-11H,2-9H2,1H3. The van der Waals surface area contributed by atoms with E-state index in [0.29, 0.717) is 32.1 Å². The van der Waals surface area contributed by atoms with Crippen LogP contribution in [0.1, 0.15) is 19.8 Å². The van der Waals surface area contributed by atoms with Gasteiger partial charge in [-0.25, -0.2) is 4.79 Å². The van der Waals surface area contributed by atoms with Crippen LogP contribution < -0.4 is 0 Å². The summed E-state index contributed by atoms with van der Waals surface area (Å²) in [5.74, 6) is 0.615. The van der Waals surface area contributed by atoms with Crippen LogP contribution in [0, 0.1) is 5.92 Å². The highest BCUT2D eigenvalue weighted by Crippen LogP contribution is 2.17. The fourth-order valence-corrected chi connectivity index (χ4v) is 2.58. The van der Waals surface area contributed by atoms with Gasteiger partial charge in [0.25, 0.3) is 0 Å². The minimum atomic E-state index is 0.155. The molecule has 2 aliphatic heterocycles. The van der Waals surface area contributed by atoms with Crippen LogP contribution in [0.15, 0.2) is 0 Å². The Bertz CT molecular complexity index is 287. The van der Waals surface area contributed by atoms with Gasteiger partial charge in [0.15, 0.2) is 0 Å². The zero-order valence-electron chi connectivity index (χ0n) is 10.5. The van der Waals surface area contributed by atoms with Crippen molar-refractivity contribution in [3.05, 3.63) is 0 Å².